The summed E-state index contributed by atoms with van der Waals surface area (Å²) in [5, 5.41) is 11.4. The Kier molecular flexibility index (Phi) is 4.27. The molecule has 4 rings (SSSR count). The number of aromatic nitrogens is 3. The van der Waals surface area contributed by atoms with Crippen LogP contribution in [-0.2, 0) is 27.4 Å². The van der Waals surface area contributed by atoms with Crippen molar-refractivity contribution >= 4 is 5.91 Å². The molecule has 0 unspecified atom stereocenters. The van der Waals surface area contributed by atoms with Gasteiger partial charge in [-0.05, 0) is 12.8 Å². The Balaban J connectivity index is 1.38. The van der Waals surface area contributed by atoms with Gasteiger partial charge in [-0.3, -0.25) is 4.79 Å². The molecule has 2 atom stereocenters. The normalized spacial score (nSPS) is 23.0. The van der Waals surface area contributed by atoms with E-state index in [2.05, 4.69) is 15.6 Å². The molecule has 3 heterocycles. The van der Waals surface area contributed by atoms with Gasteiger partial charge in [0.15, 0.2) is 0 Å². The third kappa shape index (κ3) is 3.05. The Morgan fingerprint density at radius 2 is 2.17 bits per heavy atom. The molecule has 1 fully saturated rings. The summed E-state index contributed by atoms with van der Waals surface area (Å²) in [6.45, 7) is 2.15. The third-order valence-electron chi connectivity index (χ3n) is 4.44. The van der Waals surface area contributed by atoms with Crippen molar-refractivity contribution in [3.8, 4) is 11.3 Å². The summed E-state index contributed by atoms with van der Waals surface area (Å²) in [7, 11) is 0. The Morgan fingerprint density at radius 1 is 1.29 bits per heavy atom. The second-order valence-electron chi connectivity index (χ2n) is 6.11. The molecule has 2 aromatic rings. The smallest absolute Gasteiger partial charge is 0.249 e. The molecule has 0 aliphatic carbocycles. The summed E-state index contributed by atoms with van der Waals surface area (Å²) < 4.78 is 13.1. The van der Waals surface area contributed by atoms with Gasteiger partial charge in [-0.2, -0.15) is 0 Å². The van der Waals surface area contributed by atoms with Crippen LogP contribution in [0.5, 0.6) is 0 Å². The quantitative estimate of drug-likeness (QED) is 0.910. The maximum absolute atomic E-state index is 12.0. The second-order valence-corrected chi connectivity index (χ2v) is 6.11. The molecule has 1 aromatic carbocycles. The van der Waals surface area contributed by atoms with Gasteiger partial charge >= 0.3 is 0 Å². The number of nitrogens with one attached hydrogen (secondary N) is 1. The van der Waals surface area contributed by atoms with Gasteiger partial charge in [0, 0.05) is 18.7 Å². The summed E-state index contributed by atoms with van der Waals surface area (Å²) in [6.07, 6.45) is 1.33. The molecule has 0 bridgehead atoms. The minimum absolute atomic E-state index is 0.0505. The van der Waals surface area contributed by atoms with Crippen LogP contribution in [0.25, 0.3) is 11.3 Å². The average molecular weight is 328 g/mol. The van der Waals surface area contributed by atoms with Crippen molar-refractivity contribution in [3.63, 3.8) is 0 Å². The Hall–Kier alpha value is -2.25. The molecule has 7 heteroatoms. The number of ether oxygens (including phenoxy) is 2. The van der Waals surface area contributed by atoms with E-state index in [1.54, 1.807) is 0 Å². The molecular weight excluding hydrogens is 308 g/mol. The fraction of sp³-hybridized carbons (Fsp3) is 0.471. The third-order valence-corrected chi connectivity index (χ3v) is 4.44. The van der Waals surface area contributed by atoms with Crippen LogP contribution in [-0.4, -0.2) is 46.3 Å². The predicted octanol–water partition coefficient (Wildman–Crippen LogP) is 1.14. The minimum atomic E-state index is -0.305. The van der Waals surface area contributed by atoms with E-state index in [1.807, 2.05) is 35.0 Å². The average Bonchev–Trinajstić information content (AvgIpc) is 3.30. The number of fused-ring (bicyclic) bond motifs is 1. The van der Waals surface area contributed by atoms with Crippen LogP contribution >= 0.6 is 0 Å². The van der Waals surface area contributed by atoms with Crippen LogP contribution in [0.1, 0.15) is 18.5 Å². The Morgan fingerprint density at radius 3 is 2.96 bits per heavy atom. The van der Waals surface area contributed by atoms with Crippen molar-refractivity contribution in [3.05, 3.63) is 36.0 Å². The van der Waals surface area contributed by atoms with Crippen molar-refractivity contribution < 1.29 is 14.3 Å². The molecule has 1 N–H and O–H groups in total. The fourth-order valence-electron chi connectivity index (χ4n) is 3.12. The van der Waals surface area contributed by atoms with Crippen LogP contribution in [0.4, 0.5) is 0 Å². The molecule has 126 valence electrons. The monoisotopic (exact) mass is 328 g/mol. The highest BCUT2D eigenvalue weighted by atomic mass is 16.5. The lowest BCUT2D eigenvalue weighted by atomic mass is 10.1. The number of carbonyl (C=O) groups excluding carboxylic acids is 1. The highest BCUT2D eigenvalue weighted by Crippen LogP contribution is 2.24. The van der Waals surface area contributed by atoms with E-state index < -0.39 is 0 Å². The zero-order chi connectivity index (χ0) is 16.4. The number of nitrogens with zero attached hydrogens (tertiary/aromatic N) is 3. The number of amides is 1. The van der Waals surface area contributed by atoms with Gasteiger partial charge in [0.2, 0.25) is 5.91 Å². The molecule has 1 saturated heterocycles. The Bertz CT molecular complexity index is 710. The van der Waals surface area contributed by atoms with E-state index in [4.69, 9.17) is 9.47 Å². The first kappa shape index (κ1) is 15.3. The van der Waals surface area contributed by atoms with E-state index in [9.17, 15) is 4.79 Å². The maximum atomic E-state index is 12.0. The van der Waals surface area contributed by atoms with Crippen LogP contribution in [0.3, 0.4) is 0 Å². The SMILES string of the molecule is O=C(NC[C@@H]1Cn2nnc(-c3ccccc3)c2CO1)[C@H]1CCCO1. The van der Waals surface area contributed by atoms with Crippen molar-refractivity contribution in [1.29, 1.82) is 0 Å². The molecule has 1 amide bonds. The van der Waals surface area contributed by atoms with E-state index in [1.165, 1.54) is 0 Å². The topological polar surface area (TPSA) is 78.3 Å². The zero-order valence-electron chi connectivity index (χ0n) is 13.4. The van der Waals surface area contributed by atoms with E-state index in [0.717, 1.165) is 29.8 Å². The van der Waals surface area contributed by atoms with Crippen LogP contribution < -0.4 is 5.32 Å². The second kappa shape index (κ2) is 6.70. The van der Waals surface area contributed by atoms with Crippen molar-refractivity contribution in [2.24, 2.45) is 0 Å². The number of hydrogen-bond donors (Lipinski definition) is 1. The largest absolute Gasteiger partial charge is 0.368 e. The fourth-order valence-corrected chi connectivity index (χ4v) is 3.12. The molecule has 0 spiro atoms. The lowest BCUT2D eigenvalue weighted by molar-refractivity contribution is -0.131. The summed E-state index contributed by atoms with van der Waals surface area (Å²) in [5.74, 6) is -0.0505. The number of benzene rings is 1. The van der Waals surface area contributed by atoms with Gasteiger partial charge in [0.1, 0.15) is 11.8 Å². The first-order valence-electron chi connectivity index (χ1n) is 8.30. The molecule has 0 radical (unpaired) electrons. The van der Waals surface area contributed by atoms with Crippen LogP contribution in [0.15, 0.2) is 30.3 Å². The first-order chi connectivity index (χ1) is 11.8. The van der Waals surface area contributed by atoms with Gasteiger partial charge in [0.05, 0.1) is 24.9 Å². The zero-order valence-corrected chi connectivity index (χ0v) is 13.4. The molecule has 1 aromatic heterocycles. The molecule has 7 nitrogen and oxygen atoms in total. The molecule has 2 aliphatic heterocycles. The lowest BCUT2D eigenvalue weighted by Crippen LogP contribution is -2.42. The van der Waals surface area contributed by atoms with Gasteiger partial charge in [0.25, 0.3) is 0 Å². The van der Waals surface area contributed by atoms with Gasteiger partial charge < -0.3 is 14.8 Å². The molecular formula is C17H20N4O3. The summed E-state index contributed by atoms with van der Waals surface area (Å²) in [4.78, 5) is 12.0. The van der Waals surface area contributed by atoms with Crippen LogP contribution in [0.2, 0.25) is 0 Å². The van der Waals surface area contributed by atoms with Crippen molar-refractivity contribution in [2.75, 3.05) is 13.2 Å². The standard InChI is InChI=1S/C17H20N4O3/c22-17(15-7-4-8-23-15)18-9-13-10-21-14(11-24-13)16(19-20-21)12-5-2-1-3-6-12/h1-3,5-6,13,15H,4,7-11H2,(H,18,22)/t13-,15-/m1/s1. The molecule has 0 saturated carbocycles. The number of rotatable bonds is 4. The van der Waals surface area contributed by atoms with Gasteiger partial charge in [-0.25, -0.2) is 4.68 Å². The summed E-state index contributed by atoms with van der Waals surface area (Å²) in [5.41, 5.74) is 2.87. The lowest BCUT2D eigenvalue weighted by Gasteiger charge is -2.24. The minimum Gasteiger partial charge on any atom is -0.368 e. The number of carbonyl (C=O) groups is 1. The van der Waals surface area contributed by atoms with Gasteiger partial charge in [-0.1, -0.05) is 35.5 Å². The molecule has 2 aliphatic rings. The van der Waals surface area contributed by atoms with Gasteiger partial charge in [-0.15, -0.1) is 5.10 Å². The summed E-state index contributed by atoms with van der Waals surface area (Å²) >= 11 is 0. The van der Waals surface area contributed by atoms with Crippen LogP contribution in [0, 0.1) is 0 Å². The molecule has 24 heavy (non-hydrogen) atoms. The van der Waals surface area contributed by atoms with Crippen molar-refractivity contribution in [2.45, 2.75) is 38.2 Å². The van der Waals surface area contributed by atoms with Crippen molar-refractivity contribution in [1.82, 2.24) is 20.3 Å². The highest BCUT2D eigenvalue weighted by Gasteiger charge is 2.27. The highest BCUT2D eigenvalue weighted by molar-refractivity contribution is 5.80. The first-order valence-corrected chi connectivity index (χ1v) is 8.30. The Labute approximate surface area is 139 Å². The number of hydrogen-bond acceptors (Lipinski definition) is 5. The maximum Gasteiger partial charge on any atom is 0.249 e. The predicted molar refractivity (Wildman–Crippen MR) is 86.0 cm³/mol. The van der Waals surface area contributed by atoms with E-state index in [-0.39, 0.29) is 18.1 Å². The summed E-state index contributed by atoms with van der Waals surface area (Å²) in [6, 6.07) is 9.96. The van der Waals surface area contributed by atoms with E-state index >= 15 is 0 Å². The van der Waals surface area contributed by atoms with E-state index in [0.29, 0.717) is 26.3 Å².